The SMILES string of the molecule is CCOc1ccc(S(=O)(=O)NCc2ccccc2)cc1NC(=O)CC. The summed E-state index contributed by atoms with van der Waals surface area (Å²) in [6.07, 6.45) is 0.287. The molecule has 7 heteroatoms. The van der Waals surface area contributed by atoms with E-state index >= 15 is 0 Å². The van der Waals surface area contributed by atoms with Gasteiger partial charge in [0.1, 0.15) is 5.75 Å². The van der Waals surface area contributed by atoms with Crippen molar-refractivity contribution in [3.63, 3.8) is 0 Å². The van der Waals surface area contributed by atoms with Crippen molar-refractivity contribution < 1.29 is 17.9 Å². The molecular formula is C18H22N2O4S. The van der Waals surface area contributed by atoms with Gasteiger partial charge in [0, 0.05) is 13.0 Å². The van der Waals surface area contributed by atoms with Crippen molar-refractivity contribution in [2.75, 3.05) is 11.9 Å². The van der Waals surface area contributed by atoms with Crippen molar-refractivity contribution in [1.29, 1.82) is 0 Å². The van der Waals surface area contributed by atoms with Crippen molar-refractivity contribution >= 4 is 21.6 Å². The lowest BCUT2D eigenvalue weighted by molar-refractivity contribution is -0.115. The second-order valence-electron chi connectivity index (χ2n) is 5.30. The lowest BCUT2D eigenvalue weighted by Crippen LogP contribution is -2.23. The van der Waals surface area contributed by atoms with Gasteiger partial charge in [-0.15, -0.1) is 0 Å². The summed E-state index contributed by atoms with van der Waals surface area (Å²) in [5.41, 5.74) is 1.20. The normalized spacial score (nSPS) is 11.1. The molecule has 0 bridgehead atoms. The Hall–Kier alpha value is -2.38. The van der Waals surface area contributed by atoms with E-state index in [-0.39, 0.29) is 23.8 Å². The van der Waals surface area contributed by atoms with E-state index in [0.29, 0.717) is 18.0 Å². The average molecular weight is 362 g/mol. The molecule has 2 rings (SSSR count). The van der Waals surface area contributed by atoms with Crippen LogP contribution in [-0.4, -0.2) is 20.9 Å². The molecule has 2 N–H and O–H groups in total. The molecule has 2 aromatic carbocycles. The molecule has 2 aromatic rings. The van der Waals surface area contributed by atoms with Gasteiger partial charge in [0.25, 0.3) is 0 Å². The van der Waals surface area contributed by atoms with Crippen LogP contribution in [0.15, 0.2) is 53.4 Å². The number of amides is 1. The Balaban J connectivity index is 2.24. The van der Waals surface area contributed by atoms with Gasteiger partial charge in [-0.3, -0.25) is 4.79 Å². The Morgan fingerprint density at radius 2 is 1.80 bits per heavy atom. The predicted molar refractivity (Wildman–Crippen MR) is 97.0 cm³/mol. The number of hydrogen-bond donors (Lipinski definition) is 2. The zero-order valence-electron chi connectivity index (χ0n) is 14.3. The first kappa shape index (κ1) is 19.0. The van der Waals surface area contributed by atoms with Crippen LogP contribution in [0, 0.1) is 0 Å². The summed E-state index contributed by atoms with van der Waals surface area (Å²) in [6.45, 7) is 4.13. The highest BCUT2D eigenvalue weighted by Crippen LogP contribution is 2.28. The number of sulfonamides is 1. The second-order valence-corrected chi connectivity index (χ2v) is 7.07. The van der Waals surface area contributed by atoms with Crippen molar-refractivity contribution in [3.05, 3.63) is 54.1 Å². The molecule has 0 spiro atoms. The van der Waals surface area contributed by atoms with Gasteiger partial charge in [0.05, 0.1) is 17.2 Å². The summed E-state index contributed by atoms with van der Waals surface area (Å²) < 4.78 is 33.0. The number of rotatable bonds is 8. The van der Waals surface area contributed by atoms with Gasteiger partial charge in [-0.25, -0.2) is 13.1 Å². The lowest BCUT2D eigenvalue weighted by atomic mass is 10.2. The molecule has 0 atom stereocenters. The van der Waals surface area contributed by atoms with Crippen LogP contribution in [0.25, 0.3) is 0 Å². The van der Waals surface area contributed by atoms with Gasteiger partial charge in [0.15, 0.2) is 0 Å². The van der Waals surface area contributed by atoms with E-state index < -0.39 is 10.0 Å². The van der Waals surface area contributed by atoms with Crippen LogP contribution in [0.5, 0.6) is 5.75 Å². The largest absolute Gasteiger partial charge is 0.492 e. The smallest absolute Gasteiger partial charge is 0.240 e. The minimum atomic E-state index is -3.71. The van der Waals surface area contributed by atoms with Gasteiger partial charge in [-0.1, -0.05) is 37.3 Å². The summed E-state index contributed by atoms with van der Waals surface area (Å²) in [5, 5.41) is 2.68. The van der Waals surface area contributed by atoms with Crippen molar-refractivity contribution in [2.45, 2.75) is 31.7 Å². The fourth-order valence-corrected chi connectivity index (χ4v) is 3.19. The minimum Gasteiger partial charge on any atom is -0.492 e. The van der Waals surface area contributed by atoms with Crippen molar-refractivity contribution in [1.82, 2.24) is 4.72 Å². The Morgan fingerprint density at radius 3 is 2.44 bits per heavy atom. The average Bonchev–Trinajstić information content (AvgIpc) is 2.62. The van der Waals surface area contributed by atoms with Gasteiger partial charge in [-0.05, 0) is 30.7 Å². The molecule has 134 valence electrons. The number of hydrogen-bond acceptors (Lipinski definition) is 4. The second kappa shape index (κ2) is 8.64. The standard InChI is InChI=1S/C18H22N2O4S/c1-3-18(21)20-16-12-15(10-11-17(16)24-4-2)25(22,23)19-13-14-8-6-5-7-9-14/h5-12,19H,3-4,13H2,1-2H3,(H,20,21). The maximum Gasteiger partial charge on any atom is 0.240 e. The molecule has 0 heterocycles. The Labute approximate surface area is 148 Å². The van der Waals surface area contributed by atoms with Crippen molar-refractivity contribution in [3.8, 4) is 5.75 Å². The molecule has 6 nitrogen and oxygen atoms in total. The maximum atomic E-state index is 12.5. The molecule has 0 saturated heterocycles. The lowest BCUT2D eigenvalue weighted by Gasteiger charge is -2.13. The summed E-state index contributed by atoms with van der Waals surface area (Å²) in [7, 11) is -3.71. The van der Waals surface area contributed by atoms with Crippen LogP contribution in [-0.2, 0) is 21.4 Å². The van der Waals surface area contributed by atoms with Crippen LogP contribution in [0.1, 0.15) is 25.8 Å². The third kappa shape index (κ3) is 5.30. The van der Waals surface area contributed by atoms with E-state index in [1.807, 2.05) is 37.3 Å². The maximum absolute atomic E-state index is 12.5. The highest BCUT2D eigenvalue weighted by molar-refractivity contribution is 7.89. The Morgan fingerprint density at radius 1 is 1.08 bits per heavy atom. The van der Waals surface area contributed by atoms with Gasteiger partial charge in [-0.2, -0.15) is 0 Å². The highest BCUT2D eigenvalue weighted by Gasteiger charge is 2.17. The van der Waals surface area contributed by atoms with Crippen LogP contribution in [0.3, 0.4) is 0 Å². The van der Waals surface area contributed by atoms with Crippen LogP contribution in [0.4, 0.5) is 5.69 Å². The molecule has 0 fully saturated rings. The third-order valence-electron chi connectivity index (χ3n) is 3.47. The highest BCUT2D eigenvalue weighted by atomic mass is 32.2. The fraction of sp³-hybridized carbons (Fsp3) is 0.278. The topological polar surface area (TPSA) is 84.5 Å². The minimum absolute atomic E-state index is 0.0679. The Kier molecular flexibility index (Phi) is 6.55. The molecular weight excluding hydrogens is 340 g/mol. The fourth-order valence-electron chi connectivity index (χ4n) is 2.15. The van der Waals surface area contributed by atoms with Crippen LogP contribution < -0.4 is 14.8 Å². The summed E-state index contributed by atoms with van der Waals surface area (Å²) >= 11 is 0. The molecule has 0 aromatic heterocycles. The van der Waals surface area contributed by atoms with E-state index in [0.717, 1.165) is 5.56 Å². The molecule has 0 unspecified atom stereocenters. The van der Waals surface area contributed by atoms with Gasteiger partial charge in [0.2, 0.25) is 15.9 Å². The summed E-state index contributed by atoms with van der Waals surface area (Å²) in [4.78, 5) is 11.7. The van der Waals surface area contributed by atoms with Gasteiger partial charge < -0.3 is 10.1 Å². The van der Waals surface area contributed by atoms with Crippen molar-refractivity contribution in [2.24, 2.45) is 0 Å². The zero-order chi connectivity index (χ0) is 18.3. The molecule has 0 aliphatic rings. The number of carbonyl (C=O) groups is 1. The Bertz CT molecular complexity index is 820. The number of benzene rings is 2. The quantitative estimate of drug-likeness (QED) is 0.756. The zero-order valence-corrected chi connectivity index (χ0v) is 15.1. The van der Waals surface area contributed by atoms with Gasteiger partial charge >= 0.3 is 0 Å². The summed E-state index contributed by atoms with van der Waals surface area (Å²) in [5.74, 6) is 0.221. The van der Waals surface area contributed by atoms with E-state index in [4.69, 9.17) is 4.74 Å². The van der Waals surface area contributed by atoms with E-state index in [1.54, 1.807) is 13.0 Å². The first-order valence-electron chi connectivity index (χ1n) is 8.06. The van der Waals surface area contributed by atoms with Crippen LogP contribution >= 0.6 is 0 Å². The van der Waals surface area contributed by atoms with Crippen LogP contribution in [0.2, 0.25) is 0 Å². The molecule has 25 heavy (non-hydrogen) atoms. The number of anilines is 1. The number of ether oxygens (including phenoxy) is 1. The first-order chi connectivity index (χ1) is 12.0. The number of carbonyl (C=O) groups excluding carboxylic acids is 1. The first-order valence-corrected chi connectivity index (χ1v) is 9.55. The monoisotopic (exact) mass is 362 g/mol. The van der Waals surface area contributed by atoms with E-state index in [2.05, 4.69) is 10.0 Å². The predicted octanol–water partition coefficient (Wildman–Crippen LogP) is 2.91. The van der Waals surface area contributed by atoms with E-state index in [9.17, 15) is 13.2 Å². The van der Waals surface area contributed by atoms with E-state index in [1.165, 1.54) is 12.1 Å². The number of nitrogens with one attached hydrogen (secondary N) is 2. The summed E-state index contributed by atoms with van der Waals surface area (Å²) in [6, 6.07) is 13.7. The molecule has 1 amide bonds. The molecule has 0 saturated carbocycles. The third-order valence-corrected chi connectivity index (χ3v) is 4.86. The molecule has 0 aliphatic heterocycles. The molecule has 0 radical (unpaired) electrons. The molecule has 0 aliphatic carbocycles.